The van der Waals surface area contributed by atoms with Crippen LogP contribution in [0.2, 0.25) is 0 Å². The van der Waals surface area contributed by atoms with Gasteiger partial charge in [-0.15, -0.1) is 0 Å². The van der Waals surface area contributed by atoms with E-state index in [9.17, 15) is 14.4 Å². The number of ether oxygens (including phenoxy) is 4. The van der Waals surface area contributed by atoms with E-state index in [1.54, 1.807) is 13.8 Å². The van der Waals surface area contributed by atoms with Crippen LogP contribution >= 0.6 is 0 Å². The number of benzene rings is 1. The monoisotopic (exact) mass is 460 g/mol. The summed E-state index contributed by atoms with van der Waals surface area (Å²) in [5, 5.41) is 0. The van der Waals surface area contributed by atoms with E-state index < -0.39 is 35.2 Å². The maximum absolute atomic E-state index is 13.3. The van der Waals surface area contributed by atoms with Crippen molar-refractivity contribution >= 4 is 5.97 Å². The van der Waals surface area contributed by atoms with Crippen LogP contribution in [0.25, 0.3) is 0 Å². The lowest BCUT2D eigenvalue weighted by Crippen LogP contribution is -2.48. The average molecular weight is 461 g/mol. The van der Waals surface area contributed by atoms with Gasteiger partial charge in [0.25, 0.3) is 5.56 Å². The molecule has 1 fully saturated rings. The molecule has 9 heteroatoms. The number of aryl methyl sites for hydroxylation is 1. The standard InChI is InChI=1S/C24H32N2O7/c1-5-11-30-15-21-20(32-18(3)27)12-24(4,33-21)26-13-17(2)22(28)25(23(26)29)16-31-14-19-9-7-6-8-10-19/h6-10,13,20-21H,5,11-12,14-16H2,1-4H3. The van der Waals surface area contributed by atoms with Crippen LogP contribution in [0, 0.1) is 6.92 Å². The first-order valence-electron chi connectivity index (χ1n) is 11.1. The molecule has 33 heavy (non-hydrogen) atoms. The quantitative estimate of drug-likeness (QED) is 0.396. The number of rotatable bonds is 10. The van der Waals surface area contributed by atoms with E-state index in [0.29, 0.717) is 12.2 Å². The smallest absolute Gasteiger partial charge is 0.335 e. The molecule has 1 aromatic carbocycles. The number of hydrogen-bond donors (Lipinski definition) is 0. The summed E-state index contributed by atoms with van der Waals surface area (Å²) in [6, 6.07) is 9.49. The molecule has 3 unspecified atom stereocenters. The van der Waals surface area contributed by atoms with Gasteiger partial charge in [0.2, 0.25) is 0 Å². The first kappa shape index (κ1) is 24.9. The van der Waals surface area contributed by atoms with Gasteiger partial charge in [0.05, 0.1) is 13.2 Å². The number of carbonyl (C=O) groups excluding carboxylic acids is 1. The average Bonchev–Trinajstić information content (AvgIpc) is 3.09. The lowest BCUT2D eigenvalue weighted by atomic mass is 10.1. The van der Waals surface area contributed by atoms with E-state index in [2.05, 4.69) is 0 Å². The summed E-state index contributed by atoms with van der Waals surface area (Å²) >= 11 is 0. The predicted octanol–water partition coefficient (Wildman–Crippen LogP) is 2.31. The molecular weight excluding hydrogens is 428 g/mol. The molecule has 0 spiro atoms. The zero-order valence-corrected chi connectivity index (χ0v) is 19.6. The molecule has 3 rings (SSSR count). The van der Waals surface area contributed by atoms with Crippen molar-refractivity contribution < 1.29 is 23.7 Å². The Balaban J connectivity index is 1.85. The molecule has 1 aliphatic heterocycles. The minimum absolute atomic E-state index is 0.194. The summed E-state index contributed by atoms with van der Waals surface area (Å²) < 4.78 is 25.4. The van der Waals surface area contributed by atoms with Gasteiger partial charge in [-0.25, -0.2) is 9.36 Å². The number of esters is 1. The molecule has 0 amide bonds. The summed E-state index contributed by atoms with van der Waals surface area (Å²) in [6.45, 7) is 7.55. The summed E-state index contributed by atoms with van der Waals surface area (Å²) in [4.78, 5) is 37.6. The molecule has 1 saturated heterocycles. The second-order valence-corrected chi connectivity index (χ2v) is 8.42. The van der Waals surface area contributed by atoms with Crippen molar-refractivity contribution in [2.45, 2.75) is 71.8 Å². The molecule has 0 bridgehead atoms. The lowest BCUT2D eigenvalue weighted by Gasteiger charge is -2.28. The van der Waals surface area contributed by atoms with Crippen molar-refractivity contribution in [1.29, 1.82) is 0 Å². The zero-order valence-electron chi connectivity index (χ0n) is 19.6. The fourth-order valence-corrected chi connectivity index (χ4v) is 3.94. The van der Waals surface area contributed by atoms with E-state index in [-0.39, 0.29) is 26.4 Å². The van der Waals surface area contributed by atoms with Crippen molar-refractivity contribution in [2.75, 3.05) is 13.2 Å². The Labute approximate surface area is 192 Å². The topological polar surface area (TPSA) is 98.0 Å². The second-order valence-electron chi connectivity index (χ2n) is 8.42. The Morgan fingerprint density at radius 1 is 1.21 bits per heavy atom. The van der Waals surface area contributed by atoms with Crippen LogP contribution in [0.5, 0.6) is 0 Å². The Hall–Kier alpha value is -2.75. The maximum Gasteiger partial charge on any atom is 0.335 e. The van der Waals surface area contributed by atoms with Gasteiger partial charge >= 0.3 is 11.7 Å². The van der Waals surface area contributed by atoms with E-state index in [4.69, 9.17) is 18.9 Å². The Kier molecular flexibility index (Phi) is 8.23. The summed E-state index contributed by atoms with van der Waals surface area (Å²) in [7, 11) is 0. The van der Waals surface area contributed by atoms with Gasteiger partial charge < -0.3 is 18.9 Å². The van der Waals surface area contributed by atoms with Crippen LogP contribution in [-0.2, 0) is 42.8 Å². The van der Waals surface area contributed by atoms with Crippen LogP contribution in [0.1, 0.15) is 44.7 Å². The van der Waals surface area contributed by atoms with Gasteiger partial charge in [-0.05, 0) is 25.8 Å². The largest absolute Gasteiger partial charge is 0.459 e. The SMILES string of the molecule is CCCOCC1OC(C)(n2cc(C)c(=O)n(COCc3ccccc3)c2=O)CC1OC(C)=O. The molecule has 0 saturated carbocycles. The van der Waals surface area contributed by atoms with Crippen molar-refractivity contribution in [3.8, 4) is 0 Å². The fourth-order valence-electron chi connectivity index (χ4n) is 3.94. The third kappa shape index (κ3) is 5.98. The van der Waals surface area contributed by atoms with Gasteiger partial charge in [0.15, 0.2) is 5.72 Å². The highest BCUT2D eigenvalue weighted by Gasteiger charge is 2.47. The highest BCUT2D eigenvalue weighted by molar-refractivity contribution is 5.66. The van der Waals surface area contributed by atoms with Gasteiger partial charge in [-0.3, -0.25) is 14.2 Å². The molecule has 0 N–H and O–H groups in total. The molecule has 0 radical (unpaired) electrons. The molecule has 1 aliphatic rings. The minimum atomic E-state index is -1.13. The molecule has 2 heterocycles. The highest BCUT2D eigenvalue weighted by atomic mass is 16.6. The number of nitrogens with zero attached hydrogens (tertiary/aromatic N) is 2. The van der Waals surface area contributed by atoms with E-state index in [0.717, 1.165) is 16.6 Å². The van der Waals surface area contributed by atoms with Crippen molar-refractivity contribution in [1.82, 2.24) is 9.13 Å². The van der Waals surface area contributed by atoms with Crippen LogP contribution in [0.15, 0.2) is 46.1 Å². The maximum atomic E-state index is 13.3. The van der Waals surface area contributed by atoms with Crippen LogP contribution in [-0.4, -0.2) is 40.5 Å². The Bertz CT molecular complexity index is 1060. The predicted molar refractivity (Wildman–Crippen MR) is 121 cm³/mol. The van der Waals surface area contributed by atoms with Gasteiger partial charge in [0.1, 0.15) is 18.9 Å². The van der Waals surface area contributed by atoms with Crippen molar-refractivity contribution in [2.24, 2.45) is 0 Å². The van der Waals surface area contributed by atoms with Crippen LogP contribution < -0.4 is 11.2 Å². The number of carbonyl (C=O) groups is 1. The van der Waals surface area contributed by atoms with Gasteiger partial charge in [0, 0.05) is 31.7 Å². The van der Waals surface area contributed by atoms with Crippen LogP contribution in [0.4, 0.5) is 0 Å². The zero-order chi connectivity index (χ0) is 24.0. The van der Waals surface area contributed by atoms with E-state index >= 15 is 0 Å². The highest BCUT2D eigenvalue weighted by Crippen LogP contribution is 2.36. The fraction of sp³-hybridized carbons (Fsp3) is 0.542. The molecular formula is C24H32N2O7. The lowest BCUT2D eigenvalue weighted by molar-refractivity contribution is -0.153. The van der Waals surface area contributed by atoms with Crippen molar-refractivity contribution in [3.63, 3.8) is 0 Å². The number of hydrogen-bond acceptors (Lipinski definition) is 7. The Morgan fingerprint density at radius 2 is 1.94 bits per heavy atom. The summed E-state index contributed by atoms with van der Waals surface area (Å²) in [6.07, 6.45) is 1.46. The van der Waals surface area contributed by atoms with Gasteiger partial charge in [-0.2, -0.15) is 0 Å². The van der Waals surface area contributed by atoms with E-state index in [1.165, 1.54) is 17.7 Å². The molecule has 1 aromatic heterocycles. The molecule has 2 aromatic rings. The van der Waals surface area contributed by atoms with Crippen molar-refractivity contribution in [3.05, 3.63) is 68.5 Å². The second kappa shape index (κ2) is 10.9. The Morgan fingerprint density at radius 3 is 2.61 bits per heavy atom. The summed E-state index contributed by atoms with van der Waals surface area (Å²) in [5.41, 5.74) is -0.804. The summed E-state index contributed by atoms with van der Waals surface area (Å²) in [5.74, 6) is -0.434. The van der Waals surface area contributed by atoms with Crippen LogP contribution in [0.3, 0.4) is 0 Å². The minimum Gasteiger partial charge on any atom is -0.459 e. The number of aromatic nitrogens is 2. The molecule has 0 aliphatic carbocycles. The molecule has 180 valence electrons. The third-order valence-electron chi connectivity index (χ3n) is 5.53. The molecule has 9 nitrogen and oxygen atoms in total. The third-order valence-corrected chi connectivity index (χ3v) is 5.53. The first-order chi connectivity index (χ1) is 15.7. The van der Waals surface area contributed by atoms with Gasteiger partial charge in [-0.1, -0.05) is 37.3 Å². The normalized spacial score (nSPS) is 22.4. The first-order valence-corrected chi connectivity index (χ1v) is 11.1. The molecule has 3 atom stereocenters. The van der Waals surface area contributed by atoms with E-state index in [1.807, 2.05) is 37.3 Å².